The highest BCUT2D eigenvalue weighted by molar-refractivity contribution is 6.25. The molecule has 0 bridgehead atoms. The summed E-state index contributed by atoms with van der Waals surface area (Å²) in [6.07, 6.45) is 0. The lowest BCUT2D eigenvalue weighted by molar-refractivity contribution is 0.832. The van der Waals surface area contributed by atoms with Gasteiger partial charge in [-0.3, -0.25) is 0 Å². The molecule has 154 valence electrons. The Balaban J connectivity index is 1.55. The van der Waals surface area contributed by atoms with E-state index in [0.29, 0.717) is 11.7 Å². The Morgan fingerprint density at radius 1 is 0.688 bits per heavy atom. The largest absolute Gasteiger partial charge is 0.335 e. The molecule has 0 aliphatic carbocycles. The standard InChI is InChI=1S/C27H19ClN4/c28-27-30-25(18-9-3-1-4-10-18)29-26(31-27)19-15-16-22-21-13-7-8-14-23(21)32(24(22)17-19)20-11-5-2-6-12-20/h1-17,27H,(H,29,30,31). The topological polar surface area (TPSA) is 41.7 Å². The molecule has 0 saturated carbocycles. The van der Waals surface area contributed by atoms with E-state index >= 15 is 0 Å². The fourth-order valence-electron chi connectivity index (χ4n) is 4.27. The fourth-order valence-corrected chi connectivity index (χ4v) is 4.46. The number of hydrogen-bond acceptors (Lipinski definition) is 3. The predicted octanol–water partition coefficient (Wildman–Crippen LogP) is 6.10. The highest BCUT2D eigenvalue weighted by atomic mass is 35.5. The third-order valence-electron chi connectivity index (χ3n) is 5.70. The van der Waals surface area contributed by atoms with Crippen molar-refractivity contribution < 1.29 is 0 Å². The quantitative estimate of drug-likeness (QED) is 0.270. The molecule has 0 radical (unpaired) electrons. The van der Waals surface area contributed by atoms with Crippen molar-refractivity contribution >= 4 is 45.1 Å². The smallest absolute Gasteiger partial charge is 0.198 e. The first kappa shape index (κ1) is 18.8. The van der Waals surface area contributed by atoms with E-state index < -0.39 is 5.62 Å². The van der Waals surface area contributed by atoms with Gasteiger partial charge in [0.1, 0.15) is 5.84 Å². The third-order valence-corrected chi connectivity index (χ3v) is 5.91. The van der Waals surface area contributed by atoms with Crippen LogP contribution >= 0.6 is 11.6 Å². The summed E-state index contributed by atoms with van der Waals surface area (Å²) in [4.78, 5) is 9.27. The molecule has 0 fully saturated rings. The summed E-state index contributed by atoms with van der Waals surface area (Å²) in [6.45, 7) is 0. The average Bonchev–Trinajstić information content (AvgIpc) is 3.18. The molecule has 32 heavy (non-hydrogen) atoms. The summed E-state index contributed by atoms with van der Waals surface area (Å²) in [5, 5.41) is 5.63. The third kappa shape index (κ3) is 3.17. The summed E-state index contributed by atoms with van der Waals surface area (Å²) >= 11 is 6.43. The molecule has 4 nitrogen and oxygen atoms in total. The van der Waals surface area contributed by atoms with Crippen molar-refractivity contribution in [2.24, 2.45) is 9.98 Å². The lowest BCUT2D eigenvalue weighted by atomic mass is 10.1. The minimum atomic E-state index is -0.576. The van der Waals surface area contributed by atoms with Gasteiger partial charge < -0.3 is 9.88 Å². The summed E-state index contributed by atoms with van der Waals surface area (Å²) < 4.78 is 2.29. The van der Waals surface area contributed by atoms with Crippen molar-refractivity contribution in [3.63, 3.8) is 0 Å². The minimum absolute atomic E-state index is 0.576. The van der Waals surface area contributed by atoms with Gasteiger partial charge in [-0.25, -0.2) is 9.98 Å². The lowest BCUT2D eigenvalue weighted by Gasteiger charge is -2.19. The molecule has 1 atom stereocenters. The summed E-state index contributed by atoms with van der Waals surface area (Å²) in [5.41, 5.74) is 4.74. The number of halogens is 1. The van der Waals surface area contributed by atoms with Crippen molar-refractivity contribution in [1.82, 2.24) is 9.88 Å². The number of amidine groups is 2. The van der Waals surface area contributed by atoms with Crippen molar-refractivity contribution in [1.29, 1.82) is 0 Å². The molecular formula is C27H19ClN4. The number of hydrogen-bond donors (Lipinski definition) is 1. The zero-order valence-corrected chi connectivity index (χ0v) is 17.9. The summed E-state index contributed by atoms with van der Waals surface area (Å²) in [6, 6.07) is 35.2. The average molecular weight is 435 g/mol. The van der Waals surface area contributed by atoms with Crippen LogP contribution in [0.5, 0.6) is 0 Å². The van der Waals surface area contributed by atoms with Crippen molar-refractivity contribution in [2.75, 3.05) is 0 Å². The van der Waals surface area contributed by atoms with E-state index in [0.717, 1.165) is 22.3 Å². The Kier molecular flexibility index (Phi) is 4.51. The number of nitrogens with zero attached hydrogens (tertiary/aromatic N) is 3. The van der Waals surface area contributed by atoms with E-state index in [1.807, 2.05) is 36.4 Å². The molecule has 6 rings (SSSR count). The van der Waals surface area contributed by atoms with Gasteiger partial charge in [-0.15, -0.1) is 0 Å². The van der Waals surface area contributed by atoms with E-state index in [1.54, 1.807) is 0 Å². The van der Waals surface area contributed by atoms with Gasteiger partial charge in [0.25, 0.3) is 0 Å². The van der Waals surface area contributed by atoms with E-state index in [4.69, 9.17) is 16.6 Å². The highest BCUT2D eigenvalue weighted by Crippen LogP contribution is 2.32. The number of para-hydroxylation sites is 2. The van der Waals surface area contributed by atoms with E-state index in [1.165, 1.54) is 16.3 Å². The van der Waals surface area contributed by atoms with Crippen LogP contribution in [0.3, 0.4) is 0 Å². The lowest BCUT2D eigenvalue weighted by Crippen LogP contribution is -2.35. The Morgan fingerprint density at radius 2 is 1.38 bits per heavy atom. The monoisotopic (exact) mass is 434 g/mol. The number of aliphatic imine (C=N–C) groups is 2. The second-order valence-corrected chi connectivity index (χ2v) is 8.09. The SMILES string of the molecule is ClC1N=C(c2ccccc2)N=C(c2ccc3c4ccccc4n(-c4ccccc4)c3c2)N1. The van der Waals surface area contributed by atoms with Gasteiger partial charge in [-0.2, -0.15) is 0 Å². The fraction of sp³-hybridized carbons (Fsp3) is 0.0370. The van der Waals surface area contributed by atoms with E-state index in [2.05, 4.69) is 81.6 Å². The maximum Gasteiger partial charge on any atom is 0.198 e. The molecule has 1 aliphatic heterocycles. The number of benzene rings is 4. The van der Waals surface area contributed by atoms with E-state index in [9.17, 15) is 0 Å². The first-order valence-electron chi connectivity index (χ1n) is 10.5. The Hall–Kier alpha value is -3.89. The molecule has 1 aromatic heterocycles. The zero-order valence-electron chi connectivity index (χ0n) is 17.1. The molecular weight excluding hydrogens is 416 g/mol. The number of rotatable bonds is 3. The number of fused-ring (bicyclic) bond motifs is 3. The molecule has 0 saturated heterocycles. The molecule has 1 unspecified atom stereocenters. The summed E-state index contributed by atoms with van der Waals surface area (Å²) in [7, 11) is 0. The van der Waals surface area contributed by atoms with Crippen LogP contribution in [0.15, 0.2) is 113 Å². The second-order valence-electron chi connectivity index (χ2n) is 7.68. The van der Waals surface area contributed by atoms with E-state index in [-0.39, 0.29) is 0 Å². The van der Waals surface area contributed by atoms with Gasteiger partial charge in [-0.1, -0.05) is 90.5 Å². The molecule has 4 aromatic carbocycles. The molecule has 1 aliphatic rings. The number of nitrogens with one attached hydrogen (secondary N) is 1. The normalized spacial score (nSPS) is 16.0. The van der Waals surface area contributed by atoms with Gasteiger partial charge in [0.15, 0.2) is 11.5 Å². The predicted molar refractivity (Wildman–Crippen MR) is 133 cm³/mol. The van der Waals surface area contributed by atoms with Gasteiger partial charge in [-0.05, 0) is 24.3 Å². The highest BCUT2D eigenvalue weighted by Gasteiger charge is 2.19. The Morgan fingerprint density at radius 3 is 2.19 bits per heavy atom. The molecule has 0 amide bonds. The van der Waals surface area contributed by atoms with Crippen LogP contribution in [-0.2, 0) is 0 Å². The van der Waals surface area contributed by atoms with Crippen LogP contribution in [-0.4, -0.2) is 21.9 Å². The molecule has 0 spiro atoms. The van der Waals surface area contributed by atoms with Gasteiger partial charge in [0, 0.05) is 27.6 Å². The first-order chi connectivity index (χ1) is 15.8. The van der Waals surface area contributed by atoms with Crippen LogP contribution in [0.2, 0.25) is 0 Å². The summed E-state index contributed by atoms with van der Waals surface area (Å²) in [5.74, 6) is 1.34. The Bertz CT molecular complexity index is 1500. The first-order valence-corrected chi connectivity index (χ1v) is 10.9. The van der Waals surface area contributed by atoms with Gasteiger partial charge in [0.05, 0.1) is 11.0 Å². The number of alkyl halides is 1. The zero-order chi connectivity index (χ0) is 21.5. The van der Waals surface area contributed by atoms with Gasteiger partial charge >= 0.3 is 0 Å². The molecule has 1 N–H and O–H groups in total. The van der Waals surface area contributed by atoms with Crippen LogP contribution in [0.25, 0.3) is 27.5 Å². The van der Waals surface area contributed by atoms with Crippen LogP contribution in [0.4, 0.5) is 0 Å². The number of aromatic nitrogens is 1. The molecule has 5 aromatic rings. The second kappa shape index (κ2) is 7.66. The van der Waals surface area contributed by atoms with Gasteiger partial charge in [0.2, 0.25) is 0 Å². The van der Waals surface area contributed by atoms with Crippen molar-refractivity contribution in [2.45, 2.75) is 5.62 Å². The van der Waals surface area contributed by atoms with Crippen LogP contribution in [0, 0.1) is 0 Å². The Labute approximate surface area is 190 Å². The molecule has 2 heterocycles. The van der Waals surface area contributed by atoms with Crippen molar-refractivity contribution in [3.8, 4) is 5.69 Å². The molecule has 5 heteroatoms. The van der Waals surface area contributed by atoms with Crippen LogP contribution < -0.4 is 5.32 Å². The van der Waals surface area contributed by atoms with Crippen LogP contribution in [0.1, 0.15) is 11.1 Å². The minimum Gasteiger partial charge on any atom is -0.335 e. The maximum atomic E-state index is 6.43. The van der Waals surface area contributed by atoms with Crippen molar-refractivity contribution in [3.05, 3.63) is 114 Å². The maximum absolute atomic E-state index is 6.43.